The van der Waals surface area contributed by atoms with Crippen LogP contribution in [0.2, 0.25) is 0 Å². The minimum absolute atomic E-state index is 0.228. The summed E-state index contributed by atoms with van der Waals surface area (Å²) in [5.41, 5.74) is 0. The van der Waals surface area contributed by atoms with Gasteiger partial charge < -0.3 is 14.8 Å². The maximum absolute atomic E-state index is 11.5. The molecule has 8 heteroatoms. The molecular weight excluding hydrogens is 232 g/mol. The number of hydrogen-bond acceptors (Lipinski definition) is 5. The van der Waals surface area contributed by atoms with E-state index in [2.05, 4.69) is 9.73 Å². The van der Waals surface area contributed by atoms with Gasteiger partial charge in [0.2, 0.25) is 0 Å². The van der Waals surface area contributed by atoms with E-state index >= 15 is 0 Å². The quantitative estimate of drug-likeness (QED) is 0.581. The SMILES string of the molecule is CC(CC(=O)O)NC(=O)c1ccc([N+](=O)[O-])o1. The summed E-state index contributed by atoms with van der Waals surface area (Å²) in [5.74, 6) is -2.51. The molecule has 92 valence electrons. The standard InChI is InChI=1S/C9H10N2O6/c1-5(4-8(12)13)10-9(14)6-2-3-7(17-6)11(15)16/h2-3,5H,4H2,1H3,(H,10,14)(H,12,13). The second kappa shape index (κ2) is 5.10. The molecule has 0 saturated carbocycles. The molecule has 1 aromatic rings. The first-order valence-electron chi connectivity index (χ1n) is 4.67. The van der Waals surface area contributed by atoms with E-state index in [0.29, 0.717) is 0 Å². The van der Waals surface area contributed by atoms with Crippen molar-refractivity contribution in [2.24, 2.45) is 0 Å². The molecule has 0 aliphatic carbocycles. The molecule has 1 heterocycles. The maximum Gasteiger partial charge on any atom is 0.433 e. The highest BCUT2D eigenvalue weighted by Gasteiger charge is 2.19. The molecule has 0 aliphatic heterocycles. The van der Waals surface area contributed by atoms with Gasteiger partial charge in [-0.05, 0) is 13.0 Å². The van der Waals surface area contributed by atoms with Crippen molar-refractivity contribution in [2.45, 2.75) is 19.4 Å². The van der Waals surface area contributed by atoms with Crippen LogP contribution in [0.5, 0.6) is 0 Å². The summed E-state index contributed by atoms with van der Waals surface area (Å²) in [7, 11) is 0. The highest BCUT2D eigenvalue weighted by molar-refractivity contribution is 5.92. The zero-order valence-electron chi connectivity index (χ0n) is 8.87. The summed E-state index contributed by atoms with van der Waals surface area (Å²) in [6.45, 7) is 1.50. The first-order chi connectivity index (χ1) is 7.90. The third-order valence-electron chi connectivity index (χ3n) is 1.85. The minimum atomic E-state index is -1.05. The number of furan rings is 1. The van der Waals surface area contributed by atoms with Crippen molar-refractivity contribution in [2.75, 3.05) is 0 Å². The van der Waals surface area contributed by atoms with Crippen molar-refractivity contribution in [1.82, 2.24) is 5.32 Å². The molecule has 1 rings (SSSR count). The number of rotatable bonds is 5. The van der Waals surface area contributed by atoms with Gasteiger partial charge in [0.15, 0.2) is 5.76 Å². The first kappa shape index (κ1) is 12.7. The van der Waals surface area contributed by atoms with Gasteiger partial charge in [0.25, 0.3) is 5.91 Å². The molecule has 0 aromatic carbocycles. The van der Waals surface area contributed by atoms with Crippen LogP contribution in [0.25, 0.3) is 0 Å². The predicted octanol–water partition coefficient (Wildman–Crippen LogP) is 0.781. The molecule has 0 aliphatic rings. The Bertz CT molecular complexity index is 452. The average Bonchev–Trinajstić information content (AvgIpc) is 2.64. The Kier molecular flexibility index (Phi) is 3.81. The van der Waals surface area contributed by atoms with Crippen LogP contribution >= 0.6 is 0 Å². The van der Waals surface area contributed by atoms with Crippen LogP contribution in [0.4, 0.5) is 5.88 Å². The third kappa shape index (κ3) is 3.59. The molecule has 1 aromatic heterocycles. The Balaban J connectivity index is 2.63. The Labute approximate surface area is 95.4 Å². The number of aliphatic carboxylic acids is 1. The zero-order chi connectivity index (χ0) is 13.0. The lowest BCUT2D eigenvalue weighted by atomic mass is 10.2. The zero-order valence-corrected chi connectivity index (χ0v) is 8.87. The summed E-state index contributed by atoms with van der Waals surface area (Å²) in [6, 6.07) is 1.61. The lowest BCUT2D eigenvalue weighted by molar-refractivity contribution is -0.402. The van der Waals surface area contributed by atoms with Crippen LogP contribution in [0, 0.1) is 10.1 Å². The lowest BCUT2D eigenvalue weighted by Gasteiger charge is -2.09. The van der Waals surface area contributed by atoms with E-state index in [1.165, 1.54) is 6.92 Å². The van der Waals surface area contributed by atoms with E-state index in [-0.39, 0.29) is 12.2 Å². The second-order valence-electron chi connectivity index (χ2n) is 3.37. The molecule has 0 radical (unpaired) electrons. The highest BCUT2D eigenvalue weighted by Crippen LogP contribution is 2.15. The molecule has 0 saturated heterocycles. The fourth-order valence-electron chi connectivity index (χ4n) is 1.16. The largest absolute Gasteiger partial charge is 0.481 e. The minimum Gasteiger partial charge on any atom is -0.481 e. The topological polar surface area (TPSA) is 123 Å². The summed E-state index contributed by atoms with van der Waals surface area (Å²) in [4.78, 5) is 31.3. The maximum atomic E-state index is 11.5. The molecule has 2 N–H and O–H groups in total. The average molecular weight is 242 g/mol. The van der Waals surface area contributed by atoms with Gasteiger partial charge in [-0.15, -0.1) is 0 Å². The van der Waals surface area contributed by atoms with E-state index in [1.807, 2.05) is 0 Å². The van der Waals surface area contributed by atoms with Gasteiger partial charge in [0.05, 0.1) is 12.5 Å². The van der Waals surface area contributed by atoms with Gasteiger partial charge >= 0.3 is 11.9 Å². The fourth-order valence-corrected chi connectivity index (χ4v) is 1.16. The van der Waals surface area contributed by atoms with Crippen molar-refractivity contribution in [1.29, 1.82) is 0 Å². The normalized spacial score (nSPS) is 11.8. The fraction of sp³-hybridized carbons (Fsp3) is 0.333. The summed E-state index contributed by atoms with van der Waals surface area (Å²) in [6.07, 6.45) is -0.242. The molecule has 0 bridgehead atoms. The Morgan fingerprint density at radius 1 is 1.59 bits per heavy atom. The number of carboxylic acids is 1. The number of nitro groups is 1. The van der Waals surface area contributed by atoms with Crippen molar-refractivity contribution in [3.8, 4) is 0 Å². The lowest BCUT2D eigenvalue weighted by Crippen LogP contribution is -2.33. The van der Waals surface area contributed by atoms with Gasteiger partial charge in [-0.1, -0.05) is 0 Å². The summed E-state index contributed by atoms with van der Waals surface area (Å²) >= 11 is 0. The molecule has 1 unspecified atom stereocenters. The number of carboxylic acid groups (broad SMARTS) is 1. The molecule has 1 amide bonds. The van der Waals surface area contributed by atoms with Gasteiger partial charge in [0.1, 0.15) is 4.92 Å². The number of carbonyl (C=O) groups excluding carboxylic acids is 1. The monoisotopic (exact) mass is 242 g/mol. The summed E-state index contributed by atoms with van der Waals surface area (Å²) in [5, 5.41) is 21.1. The van der Waals surface area contributed by atoms with Crippen LogP contribution in [-0.4, -0.2) is 27.9 Å². The molecule has 8 nitrogen and oxygen atoms in total. The van der Waals surface area contributed by atoms with Crippen molar-refractivity contribution in [3.63, 3.8) is 0 Å². The van der Waals surface area contributed by atoms with Crippen LogP contribution in [-0.2, 0) is 4.79 Å². The molecule has 17 heavy (non-hydrogen) atoms. The summed E-state index contributed by atoms with van der Waals surface area (Å²) < 4.78 is 4.65. The van der Waals surface area contributed by atoms with Crippen LogP contribution < -0.4 is 5.32 Å². The Hall–Kier alpha value is -2.38. The van der Waals surface area contributed by atoms with Gasteiger partial charge in [-0.3, -0.25) is 19.7 Å². The molecule has 0 fully saturated rings. The molecule has 0 spiro atoms. The van der Waals surface area contributed by atoms with E-state index in [1.54, 1.807) is 0 Å². The van der Waals surface area contributed by atoms with Gasteiger partial charge in [0, 0.05) is 6.04 Å². The Morgan fingerprint density at radius 3 is 2.71 bits per heavy atom. The Morgan fingerprint density at radius 2 is 2.24 bits per heavy atom. The number of carbonyl (C=O) groups is 2. The first-order valence-corrected chi connectivity index (χ1v) is 4.67. The number of nitrogens with one attached hydrogen (secondary N) is 1. The van der Waals surface area contributed by atoms with Crippen LogP contribution in [0.1, 0.15) is 23.9 Å². The molecule has 1 atom stereocenters. The van der Waals surface area contributed by atoms with Crippen molar-refractivity contribution >= 4 is 17.8 Å². The van der Waals surface area contributed by atoms with Gasteiger partial charge in [-0.2, -0.15) is 0 Å². The van der Waals surface area contributed by atoms with E-state index in [9.17, 15) is 19.7 Å². The van der Waals surface area contributed by atoms with Crippen LogP contribution in [0.3, 0.4) is 0 Å². The number of amides is 1. The molecular formula is C9H10N2O6. The van der Waals surface area contributed by atoms with E-state index in [4.69, 9.17) is 5.11 Å². The highest BCUT2D eigenvalue weighted by atomic mass is 16.6. The predicted molar refractivity (Wildman–Crippen MR) is 54.5 cm³/mol. The van der Waals surface area contributed by atoms with Crippen molar-refractivity contribution < 1.29 is 24.0 Å². The van der Waals surface area contributed by atoms with E-state index in [0.717, 1.165) is 12.1 Å². The van der Waals surface area contributed by atoms with Gasteiger partial charge in [-0.25, -0.2) is 0 Å². The second-order valence-corrected chi connectivity index (χ2v) is 3.37. The van der Waals surface area contributed by atoms with E-state index < -0.39 is 28.7 Å². The van der Waals surface area contributed by atoms with Crippen molar-refractivity contribution in [3.05, 3.63) is 28.0 Å². The third-order valence-corrected chi connectivity index (χ3v) is 1.85. The smallest absolute Gasteiger partial charge is 0.433 e. The number of nitrogens with zero attached hydrogens (tertiary/aromatic N) is 1. The number of hydrogen-bond donors (Lipinski definition) is 2. The van der Waals surface area contributed by atoms with Crippen LogP contribution in [0.15, 0.2) is 16.5 Å².